The van der Waals surface area contributed by atoms with E-state index in [9.17, 15) is 4.79 Å². The average molecular weight is 291 g/mol. The summed E-state index contributed by atoms with van der Waals surface area (Å²) in [6, 6.07) is 5.52. The van der Waals surface area contributed by atoms with Gasteiger partial charge in [-0.15, -0.1) is 11.3 Å². The third kappa shape index (κ3) is 3.30. The van der Waals surface area contributed by atoms with Crippen LogP contribution in [0.15, 0.2) is 22.7 Å². The number of aromatic carboxylic acids is 1. The summed E-state index contributed by atoms with van der Waals surface area (Å²) in [5, 5.41) is 17.7. The molecule has 5 nitrogen and oxygen atoms in total. The third-order valence-corrected chi connectivity index (χ3v) is 4.63. The van der Waals surface area contributed by atoms with E-state index in [1.165, 1.54) is 23.1 Å². The molecule has 7 heteroatoms. The van der Waals surface area contributed by atoms with Gasteiger partial charge in [0.05, 0.1) is 5.69 Å². The Morgan fingerprint density at radius 2 is 2.42 bits per heavy atom. The van der Waals surface area contributed by atoms with E-state index in [-0.39, 0.29) is 4.88 Å². The Hall–Kier alpha value is -1.91. The normalized spacial score (nSPS) is 10.1. The molecule has 0 saturated carbocycles. The summed E-state index contributed by atoms with van der Waals surface area (Å²) in [4.78, 5) is 19.3. The molecule has 0 bridgehead atoms. The van der Waals surface area contributed by atoms with Crippen molar-refractivity contribution in [1.29, 1.82) is 5.26 Å². The Balaban J connectivity index is 2.08. The third-order valence-electron chi connectivity index (χ3n) is 2.27. The van der Waals surface area contributed by atoms with Crippen LogP contribution in [0.4, 0.5) is 0 Å². The summed E-state index contributed by atoms with van der Waals surface area (Å²) in [6.45, 7) is 1.68. The highest BCUT2D eigenvalue weighted by Gasteiger charge is 2.14. The Morgan fingerprint density at radius 3 is 3.05 bits per heavy atom. The smallest absolute Gasteiger partial charge is 0.347 e. The van der Waals surface area contributed by atoms with E-state index in [2.05, 4.69) is 9.97 Å². The zero-order valence-electron chi connectivity index (χ0n) is 9.95. The quantitative estimate of drug-likeness (QED) is 0.871. The maximum absolute atomic E-state index is 10.9. The van der Waals surface area contributed by atoms with Crippen LogP contribution in [0.3, 0.4) is 0 Å². The Labute approximate surface area is 117 Å². The molecule has 2 aromatic heterocycles. The SMILES string of the molecule is Cc1nc(SCc2ccnc(C#N)c2)sc1C(=O)O. The molecule has 0 amide bonds. The summed E-state index contributed by atoms with van der Waals surface area (Å²) in [6.07, 6.45) is 1.59. The second kappa shape index (κ2) is 5.82. The molecule has 0 aliphatic rings. The van der Waals surface area contributed by atoms with Crippen LogP contribution < -0.4 is 0 Å². The molecule has 0 atom stereocenters. The molecule has 2 rings (SSSR count). The largest absolute Gasteiger partial charge is 0.477 e. The fourth-order valence-electron chi connectivity index (χ4n) is 1.40. The Bertz CT molecular complexity index is 661. The topological polar surface area (TPSA) is 86.9 Å². The van der Waals surface area contributed by atoms with Gasteiger partial charge >= 0.3 is 5.97 Å². The molecule has 2 aromatic rings. The van der Waals surface area contributed by atoms with Crippen LogP contribution in [0.1, 0.15) is 26.6 Å². The lowest BCUT2D eigenvalue weighted by Gasteiger charge is -1.98. The molecule has 0 aliphatic heterocycles. The first kappa shape index (κ1) is 13.5. The van der Waals surface area contributed by atoms with Crippen molar-refractivity contribution in [2.24, 2.45) is 0 Å². The highest BCUT2D eigenvalue weighted by atomic mass is 32.2. The standard InChI is InChI=1S/C12H9N3O2S2/c1-7-10(11(16)17)19-12(15-7)18-6-8-2-3-14-9(4-8)5-13/h2-4H,6H2,1H3,(H,16,17). The number of pyridine rings is 1. The number of carbonyl (C=O) groups is 1. The summed E-state index contributed by atoms with van der Waals surface area (Å²) in [5.41, 5.74) is 1.87. The van der Waals surface area contributed by atoms with E-state index >= 15 is 0 Å². The molecule has 0 spiro atoms. The van der Waals surface area contributed by atoms with Crippen LogP contribution in [0.25, 0.3) is 0 Å². The number of rotatable bonds is 4. The highest BCUT2D eigenvalue weighted by molar-refractivity contribution is 8.00. The van der Waals surface area contributed by atoms with Crippen molar-refractivity contribution in [3.8, 4) is 6.07 Å². The summed E-state index contributed by atoms with van der Waals surface area (Å²) < 4.78 is 0.713. The average Bonchev–Trinajstić information content (AvgIpc) is 2.78. The molecule has 0 unspecified atom stereocenters. The second-order valence-corrected chi connectivity index (χ2v) is 5.87. The molecule has 0 fully saturated rings. The number of nitriles is 1. The molecule has 0 aliphatic carbocycles. The van der Waals surface area contributed by atoms with Crippen molar-refractivity contribution in [1.82, 2.24) is 9.97 Å². The number of hydrogen-bond donors (Lipinski definition) is 1. The van der Waals surface area contributed by atoms with Gasteiger partial charge in [0.2, 0.25) is 0 Å². The molecule has 96 valence electrons. The van der Waals surface area contributed by atoms with Gasteiger partial charge in [-0.05, 0) is 24.6 Å². The van der Waals surface area contributed by atoms with Crippen molar-refractivity contribution in [3.05, 3.63) is 40.2 Å². The Morgan fingerprint density at radius 1 is 1.63 bits per heavy atom. The zero-order chi connectivity index (χ0) is 13.8. The molecular formula is C12H9N3O2S2. The first-order chi connectivity index (χ1) is 9.10. The lowest BCUT2D eigenvalue weighted by molar-refractivity contribution is 0.0701. The summed E-state index contributed by atoms with van der Waals surface area (Å²) >= 11 is 2.62. The highest BCUT2D eigenvalue weighted by Crippen LogP contribution is 2.29. The van der Waals surface area contributed by atoms with Crippen LogP contribution in [-0.2, 0) is 5.75 Å². The van der Waals surface area contributed by atoms with Crippen LogP contribution >= 0.6 is 23.1 Å². The monoisotopic (exact) mass is 291 g/mol. The molecule has 0 saturated heterocycles. The minimum Gasteiger partial charge on any atom is -0.477 e. The number of thioether (sulfide) groups is 1. The number of nitrogens with zero attached hydrogens (tertiary/aromatic N) is 3. The minimum atomic E-state index is -0.947. The van der Waals surface area contributed by atoms with Gasteiger partial charge in [0, 0.05) is 11.9 Å². The van der Waals surface area contributed by atoms with Crippen LogP contribution in [0, 0.1) is 18.3 Å². The second-order valence-electron chi connectivity index (χ2n) is 3.65. The molecule has 0 radical (unpaired) electrons. The molecule has 0 aromatic carbocycles. The van der Waals surface area contributed by atoms with Gasteiger partial charge in [0.15, 0.2) is 4.34 Å². The molecule has 19 heavy (non-hydrogen) atoms. The van der Waals surface area contributed by atoms with E-state index in [0.29, 0.717) is 21.5 Å². The number of thiazole rings is 1. The van der Waals surface area contributed by atoms with Crippen molar-refractivity contribution in [2.45, 2.75) is 17.0 Å². The first-order valence-electron chi connectivity index (χ1n) is 5.28. The van der Waals surface area contributed by atoms with Crippen molar-refractivity contribution < 1.29 is 9.90 Å². The number of hydrogen-bond acceptors (Lipinski definition) is 6. The zero-order valence-corrected chi connectivity index (χ0v) is 11.6. The van der Waals surface area contributed by atoms with E-state index in [0.717, 1.165) is 5.56 Å². The number of aromatic nitrogens is 2. The van der Waals surface area contributed by atoms with E-state index in [1.54, 1.807) is 19.2 Å². The van der Waals surface area contributed by atoms with Crippen LogP contribution in [0.5, 0.6) is 0 Å². The van der Waals surface area contributed by atoms with Crippen LogP contribution in [-0.4, -0.2) is 21.0 Å². The van der Waals surface area contributed by atoms with E-state index in [1.807, 2.05) is 12.1 Å². The van der Waals surface area contributed by atoms with Gasteiger partial charge in [-0.3, -0.25) is 0 Å². The maximum Gasteiger partial charge on any atom is 0.347 e. The van der Waals surface area contributed by atoms with Gasteiger partial charge in [0.25, 0.3) is 0 Å². The molecule has 2 heterocycles. The Kier molecular flexibility index (Phi) is 4.14. The van der Waals surface area contributed by atoms with E-state index < -0.39 is 5.97 Å². The first-order valence-corrected chi connectivity index (χ1v) is 7.09. The molecular weight excluding hydrogens is 282 g/mol. The van der Waals surface area contributed by atoms with Crippen molar-refractivity contribution in [3.63, 3.8) is 0 Å². The fourth-order valence-corrected chi connectivity index (χ4v) is 3.37. The predicted octanol–water partition coefficient (Wildman–Crippen LogP) is 2.71. The lowest BCUT2D eigenvalue weighted by atomic mass is 10.2. The predicted molar refractivity (Wildman–Crippen MR) is 72.3 cm³/mol. The number of aryl methyl sites for hydroxylation is 1. The maximum atomic E-state index is 10.9. The van der Waals surface area contributed by atoms with Gasteiger partial charge < -0.3 is 5.11 Å². The minimum absolute atomic E-state index is 0.273. The van der Waals surface area contributed by atoms with Gasteiger partial charge in [-0.2, -0.15) is 5.26 Å². The number of carboxylic acids is 1. The van der Waals surface area contributed by atoms with Crippen molar-refractivity contribution in [2.75, 3.05) is 0 Å². The van der Waals surface area contributed by atoms with E-state index in [4.69, 9.17) is 10.4 Å². The molecule has 1 N–H and O–H groups in total. The lowest BCUT2D eigenvalue weighted by Crippen LogP contribution is -1.94. The summed E-state index contributed by atoms with van der Waals surface area (Å²) in [7, 11) is 0. The summed E-state index contributed by atoms with van der Waals surface area (Å²) in [5.74, 6) is -0.319. The fraction of sp³-hybridized carbons (Fsp3) is 0.167. The van der Waals surface area contributed by atoms with Gasteiger partial charge in [-0.25, -0.2) is 14.8 Å². The van der Waals surface area contributed by atoms with Crippen molar-refractivity contribution >= 4 is 29.1 Å². The van der Waals surface area contributed by atoms with Gasteiger partial charge in [-0.1, -0.05) is 11.8 Å². The van der Waals surface area contributed by atoms with Gasteiger partial charge in [0.1, 0.15) is 16.6 Å². The number of carboxylic acid groups (broad SMARTS) is 1. The van der Waals surface area contributed by atoms with Crippen LogP contribution in [0.2, 0.25) is 0 Å².